The van der Waals surface area contributed by atoms with E-state index in [0.717, 1.165) is 35.8 Å². The number of rotatable bonds is 3. The summed E-state index contributed by atoms with van der Waals surface area (Å²) in [5.74, 6) is 2.16. The van der Waals surface area contributed by atoms with Crippen molar-refractivity contribution in [2.45, 2.75) is 19.4 Å². The van der Waals surface area contributed by atoms with Crippen molar-refractivity contribution in [2.24, 2.45) is 0 Å². The second kappa shape index (κ2) is 5.34. The Bertz CT molecular complexity index is 961. The summed E-state index contributed by atoms with van der Waals surface area (Å²) in [7, 11) is 3.19. The maximum absolute atomic E-state index is 12.5. The van der Waals surface area contributed by atoms with Crippen LogP contribution in [0.3, 0.4) is 0 Å². The molecule has 6 nitrogen and oxygen atoms in total. The van der Waals surface area contributed by atoms with Gasteiger partial charge in [0, 0.05) is 18.5 Å². The Morgan fingerprint density at radius 2 is 2.00 bits per heavy atom. The third kappa shape index (κ3) is 2.19. The van der Waals surface area contributed by atoms with Crippen LogP contribution in [0.15, 0.2) is 23.0 Å². The van der Waals surface area contributed by atoms with Gasteiger partial charge in [0.1, 0.15) is 10.8 Å². The van der Waals surface area contributed by atoms with E-state index in [1.54, 1.807) is 18.8 Å². The van der Waals surface area contributed by atoms with Crippen LogP contribution < -0.4 is 15.0 Å². The fraction of sp³-hybridized carbons (Fsp3) is 0.312. The second-order valence-electron chi connectivity index (χ2n) is 5.33. The molecule has 1 aromatic carbocycles. The molecule has 4 rings (SSSR count). The number of aromatic nitrogens is 3. The third-order valence-electron chi connectivity index (χ3n) is 4.01. The quantitative estimate of drug-likeness (QED) is 0.738. The first-order valence-corrected chi connectivity index (χ1v) is 8.15. The molecule has 0 bridgehead atoms. The molecule has 3 aromatic rings. The van der Waals surface area contributed by atoms with Crippen molar-refractivity contribution in [1.82, 2.24) is 14.5 Å². The minimum atomic E-state index is -0.0366. The highest BCUT2D eigenvalue weighted by molar-refractivity contribution is 7.21. The molecule has 7 heteroatoms. The molecule has 118 valence electrons. The molecule has 23 heavy (non-hydrogen) atoms. The van der Waals surface area contributed by atoms with Crippen LogP contribution in [0.1, 0.15) is 12.2 Å². The van der Waals surface area contributed by atoms with Gasteiger partial charge in [-0.15, -0.1) is 0 Å². The summed E-state index contributed by atoms with van der Waals surface area (Å²) in [6.07, 6.45) is 1.83. The van der Waals surface area contributed by atoms with Crippen LogP contribution in [0.5, 0.6) is 11.5 Å². The highest BCUT2D eigenvalue weighted by Gasteiger charge is 2.19. The number of hydrogen-bond acceptors (Lipinski definition) is 6. The number of methoxy groups -OCH3 is 2. The molecular weight excluding hydrogens is 314 g/mol. The number of aryl methyl sites for hydroxylation is 1. The van der Waals surface area contributed by atoms with Crippen molar-refractivity contribution >= 4 is 21.7 Å². The van der Waals surface area contributed by atoms with Gasteiger partial charge in [0.2, 0.25) is 0 Å². The van der Waals surface area contributed by atoms with E-state index in [-0.39, 0.29) is 5.56 Å². The van der Waals surface area contributed by atoms with Crippen LogP contribution in [0, 0.1) is 0 Å². The topological polar surface area (TPSA) is 66.2 Å². The molecule has 0 radical (unpaired) electrons. The average molecular weight is 329 g/mol. The number of thiazole rings is 1. The molecule has 0 saturated heterocycles. The molecule has 0 aliphatic carbocycles. The highest BCUT2D eigenvalue weighted by atomic mass is 32.1. The van der Waals surface area contributed by atoms with Gasteiger partial charge in [-0.3, -0.25) is 9.36 Å². The van der Waals surface area contributed by atoms with Gasteiger partial charge in [0.25, 0.3) is 5.56 Å². The largest absolute Gasteiger partial charge is 0.493 e. The first-order valence-electron chi connectivity index (χ1n) is 7.34. The molecule has 0 N–H and O–H groups in total. The Hall–Kier alpha value is -2.41. The lowest BCUT2D eigenvalue weighted by Crippen LogP contribution is -2.20. The van der Waals surface area contributed by atoms with Crippen molar-refractivity contribution < 1.29 is 9.47 Å². The van der Waals surface area contributed by atoms with E-state index < -0.39 is 0 Å². The summed E-state index contributed by atoms with van der Waals surface area (Å²) in [6.45, 7) is 0.736. The van der Waals surface area contributed by atoms with Gasteiger partial charge in [-0.2, -0.15) is 0 Å². The molecule has 0 amide bonds. The predicted molar refractivity (Wildman–Crippen MR) is 88.5 cm³/mol. The van der Waals surface area contributed by atoms with Crippen LogP contribution in [-0.4, -0.2) is 28.8 Å². The Morgan fingerprint density at radius 3 is 2.78 bits per heavy atom. The maximum atomic E-state index is 12.5. The summed E-state index contributed by atoms with van der Waals surface area (Å²) in [5.41, 5.74) is 1.30. The van der Waals surface area contributed by atoms with E-state index in [1.165, 1.54) is 11.3 Å². The summed E-state index contributed by atoms with van der Waals surface area (Å²) in [6, 6.07) is 5.60. The number of benzene rings is 1. The molecular formula is C16H15N3O3S. The molecule has 2 aromatic heterocycles. The minimum Gasteiger partial charge on any atom is -0.493 e. The molecule has 3 heterocycles. The lowest BCUT2D eigenvalue weighted by Gasteiger charge is -2.07. The normalized spacial score (nSPS) is 13.3. The first-order chi connectivity index (χ1) is 11.2. The number of fused-ring (bicyclic) bond motifs is 2. The zero-order valence-electron chi connectivity index (χ0n) is 12.8. The van der Waals surface area contributed by atoms with E-state index >= 15 is 0 Å². The fourth-order valence-electron chi connectivity index (χ4n) is 2.86. The van der Waals surface area contributed by atoms with Crippen molar-refractivity contribution in [2.75, 3.05) is 14.2 Å². The number of hydrogen-bond donors (Lipinski definition) is 0. The van der Waals surface area contributed by atoms with E-state index in [0.29, 0.717) is 21.8 Å². The van der Waals surface area contributed by atoms with Gasteiger partial charge in [-0.25, -0.2) is 9.97 Å². The van der Waals surface area contributed by atoms with E-state index in [2.05, 4.69) is 9.97 Å². The second-order valence-corrected chi connectivity index (χ2v) is 6.31. The fourth-order valence-corrected chi connectivity index (χ4v) is 3.80. The molecule has 0 atom stereocenters. The lowest BCUT2D eigenvalue weighted by atomic mass is 10.2. The smallest absolute Gasteiger partial charge is 0.280 e. The first kappa shape index (κ1) is 14.2. The monoisotopic (exact) mass is 329 g/mol. The standard InChI is InChI=1S/C16H15N3O3S/c1-21-10-6-5-9(8-11(10)22-2)14-18-13-15(23-14)17-12-4-3-7-19(12)16(13)20/h5-6,8H,3-4,7H2,1-2H3. The number of nitrogens with zero attached hydrogens (tertiary/aromatic N) is 3. The Labute approximate surface area is 136 Å². The summed E-state index contributed by atoms with van der Waals surface area (Å²) >= 11 is 1.43. The summed E-state index contributed by atoms with van der Waals surface area (Å²) in [4.78, 5) is 22.3. The summed E-state index contributed by atoms with van der Waals surface area (Å²) < 4.78 is 12.3. The Balaban J connectivity index is 1.87. The Morgan fingerprint density at radius 1 is 1.17 bits per heavy atom. The average Bonchev–Trinajstić information content (AvgIpc) is 3.21. The molecule has 0 unspecified atom stereocenters. The zero-order valence-corrected chi connectivity index (χ0v) is 13.6. The van der Waals surface area contributed by atoms with Crippen molar-refractivity contribution in [3.8, 4) is 22.1 Å². The van der Waals surface area contributed by atoms with Crippen molar-refractivity contribution in [3.63, 3.8) is 0 Å². The molecule has 1 aliphatic heterocycles. The molecule has 0 spiro atoms. The van der Waals surface area contributed by atoms with Gasteiger partial charge in [0.05, 0.1) is 14.2 Å². The van der Waals surface area contributed by atoms with Gasteiger partial charge >= 0.3 is 0 Å². The van der Waals surface area contributed by atoms with E-state index in [1.807, 2.05) is 18.2 Å². The summed E-state index contributed by atoms with van der Waals surface area (Å²) in [5, 5.41) is 0.759. The van der Waals surface area contributed by atoms with Crippen LogP contribution in [0.4, 0.5) is 0 Å². The number of ether oxygens (including phenoxy) is 2. The third-order valence-corrected chi connectivity index (χ3v) is 5.01. The van der Waals surface area contributed by atoms with Crippen LogP contribution in [-0.2, 0) is 13.0 Å². The lowest BCUT2D eigenvalue weighted by molar-refractivity contribution is 0.355. The van der Waals surface area contributed by atoms with Gasteiger partial charge in [-0.1, -0.05) is 11.3 Å². The molecule has 0 fully saturated rings. The van der Waals surface area contributed by atoms with Gasteiger partial charge in [-0.05, 0) is 24.6 Å². The Kier molecular flexibility index (Phi) is 3.30. The maximum Gasteiger partial charge on any atom is 0.280 e. The molecule has 1 aliphatic rings. The molecule has 0 saturated carbocycles. The SMILES string of the molecule is COc1ccc(-c2nc3c(=O)n4c(nc3s2)CCC4)cc1OC. The van der Waals surface area contributed by atoms with E-state index in [4.69, 9.17) is 9.47 Å². The zero-order chi connectivity index (χ0) is 16.0. The van der Waals surface area contributed by atoms with E-state index in [9.17, 15) is 4.79 Å². The van der Waals surface area contributed by atoms with Crippen LogP contribution in [0.2, 0.25) is 0 Å². The van der Waals surface area contributed by atoms with Crippen molar-refractivity contribution in [1.29, 1.82) is 0 Å². The highest BCUT2D eigenvalue weighted by Crippen LogP contribution is 2.35. The van der Waals surface area contributed by atoms with Crippen LogP contribution in [0.25, 0.3) is 20.9 Å². The van der Waals surface area contributed by atoms with Gasteiger partial charge in [0.15, 0.2) is 21.8 Å². The van der Waals surface area contributed by atoms with Crippen LogP contribution >= 0.6 is 11.3 Å². The predicted octanol–water partition coefficient (Wildman–Crippen LogP) is 2.48. The van der Waals surface area contributed by atoms with Gasteiger partial charge < -0.3 is 9.47 Å². The van der Waals surface area contributed by atoms with Crippen molar-refractivity contribution in [3.05, 3.63) is 34.4 Å². The minimum absolute atomic E-state index is 0.0366.